The number of hydrogen-bond acceptors (Lipinski definition) is 8. The van der Waals surface area contributed by atoms with Gasteiger partial charge in [-0.15, -0.1) is 0 Å². The summed E-state index contributed by atoms with van der Waals surface area (Å²) in [5.41, 5.74) is 7.00. The molecule has 2 aliphatic heterocycles. The lowest BCUT2D eigenvalue weighted by Gasteiger charge is -2.25. The van der Waals surface area contributed by atoms with Crippen molar-refractivity contribution in [2.45, 2.75) is 51.9 Å². The number of aliphatic hydroxyl groups is 1. The second-order valence-electron chi connectivity index (χ2n) is 8.45. The number of aryl methyl sites for hydroxylation is 1. The number of primary amides is 1. The number of nitrogens with zero attached hydrogens (tertiary/aromatic N) is 7. The van der Waals surface area contributed by atoms with Gasteiger partial charge in [-0.2, -0.15) is 5.10 Å². The normalized spacial score (nSPS) is 20.1. The second kappa shape index (κ2) is 7.59. The van der Waals surface area contributed by atoms with Gasteiger partial charge < -0.3 is 25.0 Å². The number of carbonyl (C=O) groups is 1. The summed E-state index contributed by atoms with van der Waals surface area (Å²) < 4.78 is 9.89. The van der Waals surface area contributed by atoms with Crippen molar-refractivity contribution < 1.29 is 14.6 Å². The summed E-state index contributed by atoms with van der Waals surface area (Å²) in [4.78, 5) is 27.6. The summed E-state index contributed by atoms with van der Waals surface area (Å²) in [5, 5.41) is 14.6. The third kappa shape index (κ3) is 3.29. The van der Waals surface area contributed by atoms with Gasteiger partial charge in [-0.25, -0.2) is 19.6 Å². The number of imidazole rings is 1. The van der Waals surface area contributed by atoms with Crippen molar-refractivity contribution in [3.8, 4) is 28.7 Å². The highest BCUT2D eigenvalue weighted by Gasteiger charge is 2.38. The van der Waals surface area contributed by atoms with Gasteiger partial charge in [0, 0.05) is 31.0 Å². The first-order valence-electron chi connectivity index (χ1n) is 10.7. The van der Waals surface area contributed by atoms with Crippen LogP contribution in [0.2, 0.25) is 0 Å². The quantitative estimate of drug-likeness (QED) is 0.613. The van der Waals surface area contributed by atoms with Crippen molar-refractivity contribution in [1.82, 2.24) is 29.3 Å². The summed E-state index contributed by atoms with van der Waals surface area (Å²) >= 11 is 0. The van der Waals surface area contributed by atoms with E-state index >= 15 is 0 Å². The maximum Gasteiger partial charge on any atom is 0.242 e. The minimum Gasteiger partial charge on any atom is -0.491 e. The van der Waals surface area contributed by atoms with Gasteiger partial charge >= 0.3 is 0 Å². The number of nitrogens with two attached hydrogens (primary N) is 1. The number of anilines is 1. The molecule has 2 aliphatic rings. The molecular formula is C21H26N8O3. The molecule has 0 unspecified atom stereocenters. The van der Waals surface area contributed by atoms with E-state index in [1.165, 1.54) is 0 Å². The Balaban J connectivity index is 1.54. The van der Waals surface area contributed by atoms with Crippen LogP contribution in [0.25, 0.3) is 22.9 Å². The molecule has 0 aliphatic carbocycles. The fourth-order valence-electron chi connectivity index (χ4n) is 4.38. The molecule has 3 aromatic rings. The van der Waals surface area contributed by atoms with Crippen LogP contribution in [0.5, 0.6) is 5.75 Å². The highest BCUT2D eigenvalue weighted by atomic mass is 16.5. The summed E-state index contributed by atoms with van der Waals surface area (Å²) in [6.07, 6.45) is 3.30. The number of hydrogen-bond donors (Lipinski definition) is 2. The van der Waals surface area contributed by atoms with E-state index in [0.717, 1.165) is 22.9 Å². The van der Waals surface area contributed by atoms with Gasteiger partial charge in [-0.3, -0.25) is 4.79 Å². The molecule has 1 fully saturated rings. The second-order valence-corrected chi connectivity index (χ2v) is 8.45. The summed E-state index contributed by atoms with van der Waals surface area (Å²) in [5.74, 6) is 2.74. The number of carbonyl (C=O) groups excluding carboxylic acids is 1. The van der Waals surface area contributed by atoms with Crippen molar-refractivity contribution in [3.05, 3.63) is 24.3 Å². The van der Waals surface area contributed by atoms with Gasteiger partial charge in [0.1, 0.15) is 41.6 Å². The van der Waals surface area contributed by atoms with Crippen LogP contribution in [0.1, 0.15) is 32.1 Å². The molecule has 0 radical (unpaired) electrons. The number of fused-ring (bicyclic) bond motifs is 3. The van der Waals surface area contributed by atoms with Crippen molar-refractivity contribution in [1.29, 1.82) is 0 Å². The minimum atomic E-state index is -0.808. The van der Waals surface area contributed by atoms with E-state index in [1.54, 1.807) is 17.2 Å². The molecule has 0 spiro atoms. The predicted molar refractivity (Wildman–Crippen MR) is 116 cm³/mol. The van der Waals surface area contributed by atoms with Gasteiger partial charge in [0.25, 0.3) is 0 Å². The van der Waals surface area contributed by atoms with E-state index in [0.29, 0.717) is 43.5 Å². The van der Waals surface area contributed by atoms with Crippen LogP contribution in [-0.4, -0.2) is 65.6 Å². The highest BCUT2D eigenvalue weighted by molar-refractivity contribution is 5.85. The van der Waals surface area contributed by atoms with Crippen LogP contribution < -0.4 is 15.4 Å². The lowest BCUT2D eigenvalue weighted by Crippen LogP contribution is -2.46. The zero-order chi connectivity index (χ0) is 22.6. The van der Waals surface area contributed by atoms with Gasteiger partial charge in [0.15, 0.2) is 5.82 Å². The predicted octanol–water partition coefficient (Wildman–Crippen LogP) is 0.910. The molecular weight excluding hydrogens is 412 g/mol. The number of aromatic nitrogens is 6. The van der Waals surface area contributed by atoms with Crippen LogP contribution >= 0.6 is 0 Å². The molecule has 11 heteroatoms. The molecule has 0 aromatic carbocycles. The van der Waals surface area contributed by atoms with Gasteiger partial charge in [-0.1, -0.05) is 0 Å². The monoisotopic (exact) mass is 438 g/mol. The fourth-order valence-corrected chi connectivity index (χ4v) is 4.38. The molecule has 168 valence electrons. The molecule has 1 saturated heterocycles. The van der Waals surface area contributed by atoms with Crippen molar-refractivity contribution in [2.24, 2.45) is 5.73 Å². The van der Waals surface area contributed by atoms with Crippen molar-refractivity contribution in [3.63, 3.8) is 0 Å². The zero-order valence-electron chi connectivity index (χ0n) is 18.3. The Labute approximate surface area is 184 Å². The maximum atomic E-state index is 11.9. The van der Waals surface area contributed by atoms with Gasteiger partial charge in [0.05, 0.1) is 18.2 Å². The first-order chi connectivity index (χ1) is 15.3. The topological polar surface area (TPSA) is 137 Å². The summed E-state index contributed by atoms with van der Waals surface area (Å²) in [6.45, 7) is 7.55. The Kier molecular flexibility index (Phi) is 4.85. The Morgan fingerprint density at radius 1 is 1.28 bits per heavy atom. The molecule has 5 rings (SSSR count). The standard InChI is InChI=1S/C21H26N8O3/c1-11(2)29-21(24-12(3)26-29)14-10-27-6-7-32-16-8-17(23-9-13(16)20(27)25-14)28-5-4-15(30)18(28)19(22)31/h8-11,15,18,30H,4-7H2,1-3H3,(H2,22,31)/t15-,18-/m0/s1. The minimum absolute atomic E-state index is 0.154. The van der Waals surface area contributed by atoms with Crippen molar-refractivity contribution >= 4 is 11.7 Å². The van der Waals surface area contributed by atoms with Gasteiger partial charge in [0.2, 0.25) is 5.91 Å². The number of aliphatic hydroxyl groups excluding tert-OH is 1. The Hall–Kier alpha value is -3.47. The van der Waals surface area contributed by atoms with E-state index < -0.39 is 18.1 Å². The molecule has 0 bridgehead atoms. The highest BCUT2D eigenvalue weighted by Crippen LogP contribution is 2.36. The molecule has 32 heavy (non-hydrogen) atoms. The van der Waals surface area contributed by atoms with E-state index in [9.17, 15) is 9.90 Å². The fraction of sp³-hybridized carbons (Fsp3) is 0.476. The lowest BCUT2D eigenvalue weighted by atomic mass is 10.1. The Morgan fingerprint density at radius 2 is 2.09 bits per heavy atom. The number of rotatable bonds is 4. The summed E-state index contributed by atoms with van der Waals surface area (Å²) in [7, 11) is 0. The first kappa shape index (κ1) is 20.4. The van der Waals surface area contributed by atoms with Gasteiger partial charge in [-0.05, 0) is 27.2 Å². The third-order valence-electron chi connectivity index (χ3n) is 5.87. The smallest absolute Gasteiger partial charge is 0.242 e. The average Bonchev–Trinajstić information content (AvgIpc) is 3.42. The van der Waals surface area contributed by atoms with E-state index in [-0.39, 0.29) is 6.04 Å². The van der Waals surface area contributed by atoms with Crippen LogP contribution in [0.4, 0.5) is 5.82 Å². The molecule has 1 amide bonds. The van der Waals surface area contributed by atoms with E-state index in [2.05, 4.69) is 28.9 Å². The Morgan fingerprint density at radius 3 is 2.84 bits per heavy atom. The molecule has 3 N–H and O–H groups in total. The summed E-state index contributed by atoms with van der Waals surface area (Å²) in [6, 6.07) is 1.14. The zero-order valence-corrected chi connectivity index (χ0v) is 18.3. The number of pyridine rings is 1. The van der Waals surface area contributed by atoms with E-state index in [1.807, 2.05) is 22.4 Å². The molecule has 0 saturated carbocycles. The van der Waals surface area contributed by atoms with Crippen LogP contribution in [0, 0.1) is 6.92 Å². The van der Waals surface area contributed by atoms with Crippen LogP contribution in [-0.2, 0) is 11.3 Å². The number of ether oxygens (including phenoxy) is 1. The largest absolute Gasteiger partial charge is 0.491 e. The Bertz CT molecular complexity index is 1180. The van der Waals surface area contributed by atoms with Crippen LogP contribution in [0.15, 0.2) is 18.5 Å². The molecule has 5 heterocycles. The molecule has 3 aromatic heterocycles. The van der Waals surface area contributed by atoms with Crippen molar-refractivity contribution in [2.75, 3.05) is 18.1 Å². The SMILES string of the molecule is Cc1nc(-c2cn3c(n2)-c2cnc(N4CC[C@H](O)[C@H]4C(N)=O)cc2OCC3)n(C(C)C)n1. The van der Waals surface area contributed by atoms with E-state index in [4.69, 9.17) is 15.5 Å². The molecule has 11 nitrogen and oxygen atoms in total. The number of amides is 1. The average molecular weight is 438 g/mol. The third-order valence-corrected chi connectivity index (χ3v) is 5.87. The van der Waals surface area contributed by atoms with Crippen LogP contribution in [0.3, 0.4) is 0 Å². The maximum absolute atomic E-state index is 11.9. The molecule has 2 atom stereocenters. The first-order valence-corrected chi connectivity index (χ1v) is 10.7. The lowest BCUT2D eigenvalue weighted by molar-refractivity contribution is -0.120.